The molecule has 0 aliphatic heterocycles. The van der Waals surface area contributed by atoms with Gasteiger partial charge in [-0.1, -0.05) is 79.1 Å². The Kier molecular flexibility index (Phi) is 18.3. The van der Waals surface area contributed by atoms with Crippen LogP contribution in [0.4, 0.5) is 9.59 Å². The highest BCUT2D eigenvalue weighted by atomic mass is 16.6. The number of rotatable bonds is 17. The molecule has 0 aromatic carbocycles. The smallest absolute Gasteiger partial charge is 0.412 e. The molecule has 2 amide bonds. The second-order valence-electron chi connectivity index (χ2n) is 9.23. The van der Waals surface area contributed by atoms with Gasteiger partial charge in [0.25, 0.3) is 0 Å². The summed E-state index contributed by atoms with van der Waals surface area (Å²) in [6.45, 7) is 8.63. The summed E-state index contributed by atoms with van der Waals surface area (Å²) in [5, 5.41) is 20.5. The lowest BCUT2D eigenvalue weighted by molar-refractivity contribution is 0.137. The maximum Gasteiger partial charge on any atom is 0.412 e. The number of ether oxygens (including phenoxy) is 2. The van der Waals surface area contributed by atoms with Gasteiger partial charge in [-0.15, -0.1) is 0 Å². The SMILES string of the molecule is CC(C)COC(=O)NC(=N)CCCCCCCCCCCCC(=N)NC(=O)OCC(C)C. The molecule has 0 aliphatic carbocycles. The quantitative estimate of drug-likeness (QED) is 0.115. The highest BCUT2D eigenvalue weighted by Crippen LogP contribution is 2.12. The second kappa shape index (κ2) is 19.6. The maximum atomic E-state index is 11.5. The van der Waals surface area contributed by atoms with E-state index in [1.165, 1.54) is 25.7 Å². The van der Waals surface area contributed by atoms with Crippen LogP contribution in [0.25, 0.3) is 0 Å². The van der Waals surface area contributed by atoms with Crippen molar-refractivity contribution in [3.8, 4) is 0 Å². The summed E-state index contributed by atoms with van der Waals surface area (Å²) < 4.78 is 10.0. The lowest BCUT2D eigenvalue weighted by Gasteiger charge is -2.09. The lowest BCUT2D eigenvalue weighted by Crippen LogP contribution is -2.31. The molecule has 0 bridgehead atoms. The number of amidine groups is 2. The molecule has 0 saturated heterocycles. The molecule has 0 fully saturated rings. The molecule has 0 aliphatic rings. The van der Waals surface area contributed by atoms with E-state index in [0.717, 1.165) is 38.5 Å². The second-order valence-corrected chi connectivity index (χ2v) is 9.23. The van der Waals surface area contributed by atoms with Gasteiger partial charge in [0.05, 0.1) is 13.2 Å². The number of alkyl carbamates (subject to hydrolysis) is 2. The topological polar surface area (TPSA) is 124 Å². The normalized spacial score (nSPS) is 10.8. The minimum absolute atomic E-state index is 0.231. The summed E-state index contributed by atoms with van der Waals surface area (Å²) in [5.41, 5.74) is 0. The van der Waals surface area contributed by atoms with Gasteiger partial charge in [0.15, 0.2) is 0 Å². The van der Waals surface area contributed by atoms with E-state index in [2.05, 4.69) is 10.6 Å². The molecule has 4 N–H and O–H groups in total. The van der Waals surface area contributed by atoms with Crippen LogP contribution in [0.1, 0.15) is 105 Å². The molecule has 0 radical (unpaired) electrons. The van der Waals surface area contributed by atoms with Crippen LogP contribution in [0.5, 0.6) is 0 Å². The number of nitrogens with one attached hydrogen (secondary N) is 4. The van der Waals surface area contributed by atoms with E-state index in [9.17, 15) is 9.59 Å². The Morgan fingerprint density at radius 1 is 0.594 bits per heavy atom. The molecule has 8 heteroatoms. The predicted molar refractivity (Wildman–Crippen MR) is 130 cm³/mol. The molecule has 32 heavy (non-hydrogen) atoms. The zero-order valence-corrected chi connectivity index (χ0v) is 20.7. The highest BCUT2D eigenvalue weighted by molar-refractivity contribution is 5.93. The van der Waals surface area contributed by atoms with Crippen LogP contribution in [0.15, 0.2) is 0 Å². The number of hydrogen-bond acceptors (Lipinski definition) is 6. The van der Waals surface area contributed by atoms with Crippen molar-refractivity contribution >= 4 is 23.9 Å². The Morgan fingerprint density at radius 2 is 0.875 bits per heavy atom. The minimum Gasteiger partial charge on any atom is -0.449 e. The molecule has 0 aromatic rings. The van der Waals surface area contributed by atoms with Gasteiger partial charge in [0.2, 0.25) is 0 Å². The Balaban J connectivity index is 3.42. The first-order valence-electron chi connectivity index (χ1n) is 12.2. The van der Waals surface area contributed by atoms with Crippen molar-refractivity contribution in [3.05, 3.63) is 0 Å². The first-order chi connectivity index (χ1) is 15.2. The van der Waals surface area contributed by atoms with Crippen molar-refractivity contribution < 1.29 is 19.1 Å². The molecule has 0 spiro atoms. The first-order valence-corrected chi connectivity index (χ1v) is 12.2. The largest absolute Gasteiger partial charge is 0.449 e. The number of unbranched alkanes of at least 4 members (excludes halogenated alkanes) is 9. The zero-order valence-electron chi connectivity index (χ0n) is 20.7. The van der Waals surface area contributed by atoms with Crippen molar-refractivity contribution in [3.63, 3.8) is 0 Å². The van der Waals surface area contributed by atoms with E-state index in [1.54, 1.807) is 0 Å². The van der Waals surface area contributed by atoms with Crippen LogP contribution in [-0.2, 0) is 9.47 Å². The van der Waals surface area contributed by atoms with Gasteiger partial charge >= 0.3 is 12.2 Å². The Labute approximate surface area is 194 Å². The van der Waals surface area contributed by atoms with Crippen molar-refractivity contribution in [1.82, 2.24) is 10.6 Å². The number of amides is 2. The fourth-order valence-corrected chi connectivity index (χ4v) is 2.95. The van der Waals surface area contributed by atoms with Crippen molar-refractivity contribution in [2.75, 3.05) is 13.2 Å². The van der Waals surface area contributed by atoms with E-state index in [4.69, 9.17) is 20.3 Å². The molecule has 0 saturated carbocycles. The van der Waals surface area contributed by atoms with Gasteiger partial charge in [-0.05, 0) is 24.7 Å². The Morgan fingerprint density at radius 3 is 1.16 bits per heavy atom. The third kappa shape index (κ3) is 21.1. The van der Waals surface area contributed by atoms with Crippen LogP contribution in [0.3, 0.4) is 0 Å². The number of carbonyl (C=O) groups excluding carboxylic acids is 2. The molecule has 186 valence electrons. The van der Waals surface area contributed by atoms with E-state index in [1.807, 2.05) is 27.7 Å². The molecular formula is C24H46N4O4. The minimum atomic E-state index is -0.527. The maximum absolute atomic E-state index is 11.5. The summed E-state index contributed by atoms with van der Waals surface area (Å²) in [5.74, 6) is 1.04. The van der Waals surface area contributed by atoms with E-state index in [0.29, 0.717) is 37.9 Å². The van der Waals surface area contributed by atoms with Gasteiger partial charge in [0, 0.05) is 12.8 Å². The van der Waals surface area contributed by atoms with Crippen molar-refractivity contribution in [2.45, 2.75) is 105 Å². The van der Waals surface area contributed by atoms with Gasteiger partial charge in [-0.25, -0.2) is 9.59 Å². The summed E-state index contributed by atoms with van der Waals surface area (Å²) in [4.78, 5) is 22.9. The van der Waals surface area contributed by atoms with Gasteiger partial charge < -0.3 is 9.47 Å². The number of hydrogen-bond donors (Lipinski definition) is 4. The average molecular weight is 455 g/mol. The van der Waals surface area contributed by atoms with Gasteiger partial charge in [-0.2, -0.15) is 0 Å². The number of carbonyl (C=O) groups is 2. The zero-order chi connectivity index (χ0) is 24.2. The standard InChI is InChI=1S/C24H46N4O4/c1-19(2)17-31-23(29)27-21(25)15-13-11-9-7-5-6-8-10-12-14-16-22(26)28-24(30)32-18-20(3)4/h19-20H,5-18H2,1-4H3,(H2,25,27,29)(H2,26,28,30). The van der Waals surface area contributed by atoms with Crippen LogP contribution in [0.2, 0.25) is 0 Å². The van der Waals surface area contributed by atoms with Crippen LogP contribution in [-0.4, -0.2) is 37.1 Å². The van der Waals surface area contributed by atoms with Gasteiger partial charge in [0.1, 0.15) is 11.7 Å². The monoisotopic (exact) mass is 454 g/mol. The summed E-state index contributed by atoms with van der Waals surface area (Å²) in [7, 11) is 0. The first kappa shape index (κ1) is 29.9. The predicted octanol–water partition coefficient (Wildman–Crippen LogP) is 6.39. The molecule has 0 atom stereocenters. The van der Waals surface area contributed by atoms with Crippen LogP contribution < -0.4 is 10.6 Å². The fourth-order valence-electron chi connectivity index (χ4n) is 2.95. The third-order valence-electron chi connectivity index (χ3n) is 4.70. The Hall–Kier alpha value is -2.12. The third-order valence-corrected chi connectivity index (χ3v) is 4.70. The van der Waals surface area contributed by atoms with E-state index < -0.39 is 12.2 Å². The van der Waals surface area contributed by atoms with Crippen LogP contribution >= 0.6 is 0 Å². The molecule has 0 unspecified atom stereocenters. The molecule has 0 aromatic heterocycles. The van der Waals surface area contributed by atoms with Crippen LogP contribution in [0, 0.1) is 22.7 Å². The Bertz CT molecular complexity index is 502. The summed E-state index contributed by atoms with van der Waals surface area (Å²) >= 11 is 0. The fraction of sp³-hybridized carbons (Fsp3) is 0.833. The molecule has 0 rings (SSSR count). The summed E-state index contributed by atoms with van der Waals surface area (Å²) in [6, 6.07) is 0. The average Bonchev–Trinajstić information content (AvgIpc) is 2.71. The van der Waals surface area contributed by atoms with Gasteiger partial charge in [-0.3, -0.25) is 21.5 Å². The molecule has 8 nitrogen and oxygen atoms in total. The lowest BCUT2D eigenvalue weighted by atomic mass is 10.0. The van der Waals surface area contributed by atoms with E-state index in [-0.39, 0.29) is 11.7 Å². The summed E-state index contributed by atoms with van der Waals surface area (Å²) in [6.07, 6.45) is 11.2. The molecule has 0 heterocycles. The molecular weight excluding hydrogens is 408 g/mol. The van der Waals surface area contributed by atoms with Crippen molar-refractivity contribution in [2.24, 2.45) is 11.8 Å². The highest BCUT2D eigenvalue weighted by Gasteiger charge is 2.07. The van der Waals surface area contributed by atoms with E-state index >= 15 is 0 Å². The van der Waals surface area contributed by atoms with Crippen molar-refractivity contribution in [1.29, 1.82) is 10.8 Å².